The number of allylic oxidation sites excluding steroid dienone is 1. The summed E-state index contributed by atoms with van der Waals surface area (Å²) in [5.41, 5.74) is -0.455. The SMILES string of the molecule is C=CCCC(C)(C(=O)NC(C)(C)C)C(CCC)CCC. The predicted molar refractivity (Wildman–Crippen MR) is 88.7 cm³/mol. The number of amides is 1. The summed E-state index contributed by atoms with van der Waals surface area (Å²) in [4.78, 5) is 12.8. The molecule has 2 heteroatoms. The lowest BCUT2D eigenvalue weighted by atomic mass is 9.69. The molecule has 0 bridgehead atoms. The van der Waals surface area contributed by atoms with Crippen LogP contribution in [0.1, 0.15) is 80.1 Å². The summed E-state index contributed by atoms with van der Waals surface area (Å²) < 4.78 is 0. The van der Waals surface area contributed by atoms with Gasteiger partial charge in [0.15, 0.2) is 0 Å². The zero-order valence-electron chi connectivity index (χ0n) is 14.5. The largest absolute Gasteiger partial charge is 0.351 e. The summed E-state index contributed by atoms with van der Waals surface area (Å²) in [6, 6.07) is 0. The maximum Gasteiger partial charge on any atom is 0.226 e. The Morgan fingerprint density at radius 1 is 1.15 bits per heavy atom. The average Bonchev–Trinajstić information content (AvgIpc) is 2.33. The molecule has 2 nitrogen and oxygen atoms in total. The van der Waals surface area contributed by atoms with E-state index in [1.165, 1.54) is 0 Å². The number of hydrogen-bond acceptors (Lipinski definition) is 1. The molecule has 0 radical (unpaired) electrons. The van der Waals surface area contributed by atoms with Crippen molar-refractivity contribution in [3.05, 3.63) is 12.7 Å². The Morgan fingerprint density at radius 2 is 1.65 bits per heavy atom. The van der Waals surface area contributed by atoms with Gasteiger partial charge in [-0.1, -0.05) is 39.7 Å². The van der Waals surface area contributed by atoms with Crippen LogP contribution in [-0.4, -0.2) is 11.4 Å². The van der Waals surface area contributed by atoms with Crippen molar-refractivity contribution in [2.75, 3.05) is 0 Å². The molecule has 0 aliphatic heterocycles. The van der Waals surface area contributed by atoms with Crippen LogP contribution in [-0.2, 0) is 4.79 Å². The smallest absolute Gasteiger partial charge is 0.226 e. The van der Waals surface area contributed by atoms with Gasteiger partial charge in [0.25, 0.3) is 0 Å². The predicted octanol–water partition coefficient (Wildman–Crippen LogP) is 5.09. The molecule has 0 aliphatic rings. The molecule has 0 spiro atoms. The highest BCUT2D eigenvalue weighted by Gasteiger charge is 2.40. The maximum absolute atomic E-state index is 12.8. The number of hydrogen-bond donors (Lipinski definition) is 1. The lowest BCUT2D eigenvalue weighted by molar-refractivity contribution is -0.135. The van der Waals surface area contributed by atoms with E-state index in [9.17, 15) is 4.79 Å². The molecule has 20 heavy (non-hydrogen) atoms. The normalized spacial score (nSPS) is 14.9. The fraction of sp³-hybridized carbons (Fsp3) is 0.833. The summed E-state index contributed by atoms with van der Waals surface area (Å²) in [5.74, 6) is 0.665. The van der Waals surface area contributed by atoms with Gasteiger partial charge in [-0.2, -0.15) is 0 Å². The van der Waals surface area contributed by atoms with Gasteiger partial charge in [0.05, 0.1) is 0 Å². The lowest BCUT2D eigenvalue weighted by Crippen LogP contribution is -2.50. The monoisotopic (exact) mass is 281 g/mol. The van der Waals surface area contributed by atoms with E-state index in [1.807, 2.05) is 26.8 Å². The molecule has 1 atom stereocenters. The fourth-order valence-corrected chi connectivity index (χ4v) is 2.87. The molecule has 0 fully saturated rings. The van der Waals surface area contributed by atoms with Crippen molar-refractivity contribution in [3.8, 4) is 0 Å². The van der Waals surface area contributed by atoms with Gasteiger partial charge in [-0.05, 0) is 52.4 Å². The number of carbonyl (C=O) groups is 1. The van der Waals surface area contributed by atoms with Crippen LogP contribution >= 0.6 is 0 Å². The summed E-state index contributed by atoms with van der Waals surface area (Å²) >= 11 is 0. The first-order valence-corrected chi connectivity index (χ1v) is 8.14. The minimum Gasteiger partial charge on any atom is -0.351 e. The maximum atomic E-state index is 12.8. The van der Waals surface area contributed by atoms with Gasteiger partial charge in [0.2, 0.25) is 5.91 Å². The van der Waals surface area contributed by atoms with Crippen LogP contribution in [0.25, 0.3) is 0 Å². The van der Waals surface area contributed by atoms with Crippen LogP contribution in [0.3, 0.4) is 0 Å². The van der Waals surface area contributed by atoms with Crippen molar-refractivity contribution in [2.24, 2.45) is 11.3 Å². The van der Waals surface area contributed by atoms with Gasteiger partial charge in [-0.25, -0.2) is 0 Å². The van der Waals surface area contributed by atoms with Crippen LogP contribution in [0.15, 0.2) is 12.7 Å². The molecular weight excluding hydrogens is 246 g/mol. The van der Waals surface area contributed by atoms with E-state index in [4.69, 9.17) is 0 Å². The minimum absolute atomic E-state index is 0.171. The molecule has 1 unspecified atom stereocenters. The van der Waals surface area contributed by atoms with Gasteiger partial charge in [-0.15, -0.1) is 6.58 Å². The van der Waals surface area contributed by atoms with E-state index in [2.05, 4.69) is 32.7 Å². The van der Waals surface area contributed by atoms with Crippen LogP contribution in [0, 0.1) is 11.3 Å². The first kappa shape index (κ1) is 19.2. The second kappa shape index (κ2) is 8.49. The Bertz CT molecular complexity index is 297. The Hall–Kier alpha value is -0.790. The molecule has 0 rings (SSSR count). The average molecular weight is 281 g/mol. The van der Waals surface area contributed by atoms with E-state index in [0.717, 1.165) is 38.5 Å². The van der Waals surface area contributed by atoms with Gasteiger partial charge < -0.3 is 5.32 Å². The van der Waals surface area contributed by atoms with Gasteiger partial charge in [-0.3, -0.25) is 4.79 Å². The van der Waals surface area contributed by atoms with E-state index in [-0.39, 0.29) is 16.9 Å². The van der Waals surface area contributed by atoms with Crippen molar-refractivity contribution in [3.63, 3.8) is 0 Å². The summed E-state index contributed by atoms with van der Waals surface area (Å²) in [6.45, 7) is 16.5. The van der Waals surface area contributed by atoms with E-state index < -0.39 is 0 Å². The third-order valence-corrected chi connectivity index (χ3v) is 4.05. The standard InChI is InChI=1S/C18H35NO/c1-8-11-14-18(7,15(12-9-2)13-10-3)16(20)19-17(4,5)6/h8,15H,1,9-14H2,2-7H3,(H,19,20). The van der Waals surface area contributed by atoms with Crippen molar-refractivity contribution < 1.29 is 4.79 Å². The highest BCUT2D eigenvalue weighted by Crippen LogP contribution is 2.39. The van der Waals surface area contributed by atoms with Gasteiger partial charge in [0, 0.05) is 11.0 Å². The second-order valence-corrected chi connectivity index (χ2v) is 7.22. The topological polar surface area (TPSA) is 29.1 Å². The van der Waals surface area contributed by atoms with Crippen LogP contribution in [0.4, 0.5) is 0 Å². The molecule has 118 valence electrons. The number of rotatable bonds is 9. The lowest BCUT2D eigenvalue weighted by Gasteiger charge is -2.39. The third-order valence-electron chi connectivity index (χ3n) is 4.05. The molecule has 0 aromatic carbocycles. The molecule has 0 aromatic heterocycles. The molecular formula is C18H35NO. The second-order valence-electron chi connectivity index (χ2n) is 7.22. The number of nitrogens with one attached hydrogen (secondary N) is 1. The van der Waals surface area contributed by atoms with Crippen molar-refractivity contribution >= 4 is 5.91 Å². The highest BCUT2D eigenvalue weighted by atomic mass is 16.2. The van der Waals surface area contributed by atoms with Crippen molar-refractivity contribution in [1.29, 1.82) is 0 Å². The number of carbonyl (C=O) groups excluding carboxylic acids is 1. The van der Waals surface area contributed by atoms with Crippen molar-refractivity contribution in [2.45, 2.75) is 85.6 Å². The zero-order chi connectivity index (χ0) is 15.8. The first-order valence-electron chi connectivity index (χ1n) is 8.14. The third kappa shape index (κ3) is 6.11. The molecule has 0 heterocycles. The first-order chi connectivity index (χ1) is 9.21. The Kier molecular flexibility index (Phi) is 8.15. The summed E-state index contributed by atoms with van der Waals surface area (Å²) in [7, 11) is 0. The molecule has 0 aromatic rings. The van der Waals surface area contributed by atoms with E-state index in [0.29, 0.717) is 5.92 Å². The van der Waals surface area contributed by atoms with Crippen molar-refractivity contribution in [1.82, 2.24) is 5.32 Å². The summed E-state index contributed by atoms with van der Waals surface area (Å²) in [6.07, 6.45) is 8.24. The minimum atomic E-state index is -0.284. The molecule has 0 aliphatic carbocycles. The highest BCUT2D eigenvalue weighted by molar-refractivity contribution is 5.83. The zero-order valence-corrected chi connectivity index (χ0v) is 14.5. The van der Waals surface area contributed by atoms with Crippen LogP contribution in [0.5, 0.6) is 0 Å². The summed E-state index contributed by atoms with van der Waals surface area (Å²) in [5, 5.41) is 3.19. The van der Waals surface area contributed by atoms with Gasteiger partial charge >= 0.3 is 0 Å². The Labute approximate surface area is 126 Å². The van der Waals surface area contributed by atoms with Crippen LogP contribution < -0.4 is 5.32 Å². The molecule has 1 amide bonds. The van der Waals surface area contributed by atoms with E-state index in [1.54, 1.807) is 0 Å². The quantitative estimate of drug-likeness (QED) is 0.586. The molecule has 0 saturated carbocycles. The van der Waals surface area contributed by atoms with Crippen LogP contribution in [0.2, 0.25) is 0 Å². The Balaban J connectivity index is 5.21. The van der Waals surface area contributed by atoms with Gasteiger partial charge in [0.1, 0.15) is 0 Å². The molecule has 0 saturated heterocycles. The van der Waals surface area contributed by atoms with E-state index >= 15 is 0 Å². The fourth-order valence-electron chi connectivity index (χ4n) is 2.87. The Morgan fingerprint density at radius 3 is 2.00 bits per heavy atom. The molecule has 1 N–H and O–H groups in total.